The van der Waals surface area contributed by atoms with Gasteiger partial charge in [0.15, 0.2) is 0 Å². The van der Waals surface area contributed by atoms with Gasteiger partial charge in [-0.1, -0.05) is 17.7 Å². The molecule has 0 amide bonds. The van der Waals surface area contributed by atoms with Crippen LogP contribution in [0.15, 0.2) is 18.2 Å². The van der Waals surface area contributed by atoms with Crippen LogP contribution in [0.2, 0.25) is 5.02 Å². The highest BCUT2D eigenvalue weighted by atomic mass is 35.5. The second-order valence-corrected chi connectivity index (χ2v) is 5.03. The average molecular weight is 258 g/mol. The van der Waals surface area contributed by atoms with E-state index in [4.69, 9.17) is 23.2 Å². The summed E-state index contributed by atoms with van der Waals surface area (Å²) in [5.41, 5.74) is 2.27. The summed E-state index contributed by atoms with van der Waals surface area (Å²) in [5, 5.41) is 0.779. The van der Waals surface area contributed by atoms with Crippen molar-refractivity contribution >= 4 is 28.9 Å². The maximum absolute atomic E-state index is 6.17. The molecule has 0 radical (unpaired) electrons. The molecule has 1 aliphatic rings. The summed E-state index contributed by atoms with van der Waals surface area (Å²) in [6, 6.07) is 6.03. The standard InChI is InChI=1S/C13H17Cl2N/c1-2-16(9-10-6-7-10)13-5-3-4-12(15)11(13)8-14/h3-5,10H,2,6-9H2,1H3. The molecule has 1 fully saturated rings. The van der Waals surface area contributed by atoms with Gasteiger partial charge in [0.1, 0.15) is 0 Å². The minimum Gasteiger partial charge on any atom is -0.371 e. The first kappa shape index (κ1) is 12.1. The van der Waals surface area contributed by atoms with Gasteiger partial charge in [0.05, 0.1) is 5.88 Å². The SMILES string of the molecule is CCN(CC1CC1)c1cccc(Cl)c1CCl. The van der Waals surface area contributed by atoms with E-state index in [0.717, 1.165) is 29.6 Å². The summed E-state index contributed by atoms with van der Waals surface area (Å²) >= 11 is 12.2. The summed E-state index contributed by atoms with van der Waals surface area (Å²) in [6.07, 6.45) is 2.74. The van der Waals surface area contributed by atoms with Crippen LogP contribution in [-0.4, -0.2) is 13.1 Å². The molecule has 1 aromatic rings. The zero-order chi connectivity index (χ0) is 11.5. The van der Waals surface area contributed by atoms with E-state index >= 15 is 0 Å². The van der Waals surface area contributed by atoms with E-state index in [1.54, 1.807) is 0 Å². The largest absolute Gasteiger partial charge is 0.371 e. The number of hydrogen-bond donors (Lipinski definition) is 0. The van der Waals surface area contributed by atoms with Crippen LogP contribution in [0, 0.1) is 5.92 Å². The zero-order valence-corrected chi connectivity index (χ0v) is 11.1. The van der Waals surface area contributed by atoms with Gasteiger partial charge in [-0.3, -0.25) is 0 Å². The van der Waals surface area contributed by atoms with E-state index in [-0.39, 0.29) is 0 Å². The summed E-state index contributed by atoms with van der Waals surface area (Å²) in [7, 11) is 0. The number of hydrogen-bond acceptors (Lipinski definition) is 1. The van der Waals surface area contributed by atoms with Crippen molar-refractivity contribution in [3.8, 4) is 0 Å². The second kappa shape index (κ2) is 5.29. The molecular formula is C13H17Cl2N. The fraction of sp³-hybridized carbons (Fsp3) is 0.538. The normalized spacial score (nSPS) is 15.2. The Morgan fingerprint density at radius 1 is 1.38 bits per heavy atom. The summed E-state index contributed by atoms with van der Waals surface area (Å²) in [4.78, 5) is 2.39. The van der Waals surface area contributed by atoms with Gasteiger partial charge in [-0.15, -0.1) is 11.6 Å². The number of rotatable bonds is 5. The van der Waals surface area contributed by atoms with E-state index in [1.165, 1.54) is 18.5 Å². The van der Waals surface area contributed by atoms with Crippen molar-refractivity contribution in [2.24, 2.45) is 5.92 Å². The molecule has 0 unspecified atom stereocenters. The topological polar surface area (TPSA) is 3.24 Å². The molecule has 0 spiro atoms. The van der Waals surface area contributed by atoms with Crippen LogP contribution >= 0.6 is 23.2 Å². The lowest BCUT2D eigenvalue weighted by Crippen LogP contribution is -2.26. The molecule has 16 heavy (non-hydrogen) atoms. The third kappa shape index (κ3) is 2.64. The molecule has 3 heteroatoms. The van der Waals surface area contributed by atoms with Crippen molar-refractivity contribution in [2.45, 2.75) is 25.6 Å². The van der Waals surface area contributed by atoms with Gasteiger partial charge in [0, 0.05) is 29.4 Å². The van der Waals surface area contributed by atoms with E-state index in [2.05, 4.69) is 17.9 Å². The fourth-order valence-corrected chi connectivity index (χ4v) is 2.57. The molecule has 1 nitrogen and oxygen atoms in total. The van der Waals surface area contributed by atoms with Crippen molar-refractivity contribution in [3.05, 3.63) is 28.8 Å². The van der Waals surface area contributed by atoms with Crippen molar-refractivity contribution < 1.29 is 0 Å². The monoisotopic (exact) mass is 257 g/mol. The molecule has 0 atom stereocenters. The first-order chi connectivity index (χ1) is 7.76. The van der Waals surface area contributed by atoms with Crippen LogP contribution in [-0.2, 0) is 5.88 Å². The Labute approximate surface area is 107 Å². The van der Waals surface area contributed by atoms with Crippen LogP contribution in [0.25, 0.3) is 0 Å². The minimum absolute atomic E-state index is 0.482. The lowest BCUT2D eigenvalue weighted by atomic mass is 10.1. The van der Waals surface area contributed by atoms with Gasteiger partial charge in [-0.25, -0.2) is 0 Å². The first-order valence-electron chi connectivity index (χ1n) is 5.84. The molecule has 2 rings (SSSR count). The van der Waals surface area contributed by atoms with Crippen molar-refractivity contribution in [3.63, 3.8) is 0 Å². The molecule has 88 valence electrons. The quantitative estimate of drug-likeness (QED) is 0.711. The van der Waals surface area contributed by atoms with Crippen LogP contribution in [0.3, 0.4) is 0 Å². The Hall–Kier alpha value is -0.400. The van der Waals surface area contributed by atoms with Crippen LogP contribution in [0.4, 0.5) is 5.69 Å². The summed E-state index contributed by atoms with van der Waals surface area (Å²) < 4.78 is 0. The first-order valence-corrected chi connectivity index (χ1v) is 6.75. The number of anilines is 1. The second-order valence-electron chi connectivity index (χ2n) is 4.35. The minimum atomic E-state index is 0.482. The summed E-state index contributed by atoms with van der Waals surface area (Å²) in [6.45, 7) is 4.34. The molecule has 0 N–H and O–H groups in total. The number of benzene rings is 1. The Morgan fingerprint density at radius 3 is 2.69 bits per heavy atom. The predicted octanol–water partition coefficient (Wildman–Crippen LogP) is 4.32. The van der Waals surface area contributed by atoms with Gasteiger partial charge >= 0.3 is 0 Å². The highest BCUT2D eigenvalue weighted by molar-refractivity contribution is 6.32. The Kier molecular flexibility index (Phi) is 3.99. The molecule has 0 bridgehead atoms. The summed E-state index contributed by atoms with van der Waals surface area (Å²) in [5.74, 6) is 1.36. The highest BCUT2D eigenvalue weighted by Crippen LogP contribution is 2.34. The Morgan fingerprint density at radius 2 is 2.12 bits per heavy atom. The number of alkyl halides is 1. The van der Waals surface area contributed by atoms with Gasteiger partial charge in [0.2, 0.25) is 0 Å². The van der Waals surface area contributed by atoms with Crippen LogP contribution < -0.4 is 4.90 Å². The zero-order valence-electron chi connectivity index (χ0n) is 9.55. The third-order valence-corrected chi connectivity index (χ3v) is 3.75. The lowest BCUT2D eigenvalue weighted by Gasteiger charge is -2.25. The predicted molar refractivity (Wildman–Crippen MR) is 71.6 cm³/mol. The van der Waals surface area contributed by atoms with Gasteiger partial charge in [-0.05, 0) is 37.8 Å². The molecule has 1 aromatic carbocycles. The number of nitrogens with zero attached hydrogens (tertiary/aromatic N) is 1. The molecule has 0 aliphatic heterocycles. The van der Waals surface area contributed by atoms with Gasteiger partial charge in [-0.2, -0.15) is 0 Å². The lowest BCUT2D eigenvalue weighted by molar-refractivity contribution is 0.739. The van der Waals surface area contributed by atoms with E-state index < -0.39 is 0 Å². The molecule has 0 aromatic heterocycles. The molecule has 0 saturated heterocycles. The Bertz CT molecular complexity index is 361. The van der Waals surface area contributed by atoms with Crippen LogP contribution in [0.1, 0.15) is 25.3 Å². The number of halogens is 2. The van der Waals surface area contributed by atoms with Crippen molar-refractivity contribution in [2.75, 3.05) is 18.0 Å². The third-order valence-electron chi connectivity index (χ3n) is 3.13. The molecule has 1 saturated carbocycles. The highest BCUT2D eigenvalue weighted by Gasteiger charge is 2.24. The van der Waals surface area contributed by atoms with Crippen molar-refractivity contribution in [1.29, 1.82) is 0 Å². The van der Waals surface area contributed by atoms with Gasteiger partial charge < -0.3 is 4.90 Å². The maximum atomic E-state index is 6.17. The average Bonchev–Trinajstić information content (AvgIpc) is 3.09. The van der Waals surface area contributed by atoms with E-state index in [1.807, 2.05) is 12.1 Å². The molecular weight excluding hydrogens is 241 g/mol. The smallest absolute Gasteiger partial charge is 0.0509 e. The maximum Gasteiger partial charge on any atom is 0.0509 e. The van der Waals surface area contributed by atoms with E-state index in [0.29, 0.717) is 5.88 Å². The molecule has 0 heterocycles. The van der Waals surface area contributed by atoms with Gasteiger partial charge in [0.25, 0.3) is 0 Å². The fourth-order valence-electron chi connectivity index (χ4n) is 1.99. The Balaban J connectivity index is 2.24. The molecule has 1 aliphatic carbocycles. The van der Waals surface area contributed by atoms with E-state index in [9.17, 15) is 0 Å². The van der Waals surface area contributed by atoms with Crippen molar-refractivity contribution in [1.82, 2.24) is 0 Å². The van der Waals surface area contributed by atoms with Crippen LogP contribution in [0.5, 0.6) is 0 Å².